The minimum atomic E-state index is -1.39. The third-order valence-corrected chi connectivity index (χ3v) is 8.94. The molecule has 15 nitrogen and oxygen atoms in total. The summed E-state index contributed by atoms with van der Waals surface area (Å²) in [6.45, 7) is 2.76. The first kappa shape index (κ1) is 32.2. The van der Waals surface area contributed by atoms with Crippen LogP contribution in [0.25, 0.3) is 0 Å². The second kappa shape index (κ2) is 14.1. The Balaban J connectivity index is 1.50. The minimum absolute atomic E-state index is 0.0195. The number of aromatic nitrogens is 2. The van der Waals surface area contributed by atoms with Crippen LogP contribution < -0.4 is 26.3 Å². The van der Waals surface area contributed by atoms with Crippen molar-refractivity contribution in [3.63, 3.8) is 0 Å². The van der Waals surface area contributed by atoms with Gasteiger partial charge in [0, 0.05) is 30.5 Å². The monoisotopic (exact) mass is 653 g/mol. The Kier molecular flexibility index (Phi) is 10.6. The molecule has 2 amide bonds. The number of aliphatic hydroxyl groups excluding tert-OH is 1. The number of thioether (sulfide) groups is 1. The van der Waals surface area contributed by atoms with E-state index in [0.29, 0.717) is 36.3 Å². The summed E-state index contributed by atoms with van der Waals surface area (Å²) in [5, 5.41) is 30.9. The number of allylic oxidation sites excluding steroid dienone is 1. The van der Waals surface area contributed by atoms with Crippen LogP contribution in [0.1, 0.15) is 18.2 Å². The van der Waals surface area contributed by atoms with Crippen LogP contribution in [-0.4, -0.2) is 93.3 Å². The van der Waals surface area contributed by atoms with E-state index in [4.69, 9.17) is 27.3 Å². The fraction of sp³-hybridized carbons (Fsp3) is 0.400. The number of hydrogen-bond donors (Lipinski definition) is 6. The lowest BCUT2D eigenvalue weighted by Gasteiger charge is -2.49. The smallest absolute Gasteiger partial charge is 0.347 e. The number of rotatable bonds is 14. The number of nitrogens with zero attached hydrogens (tertiary/aromatic N) is 4. The van der Waals surface area contributed by atoms with Crippen LogP contribution in [0.4, 0.5) is 10.8 Å². The second-order valence-corrected chi connectivity index (χ2v) is 12.2. The number of carboxylic acid groups (broad SMARTS) is 1. The molecule has 18 heteroatoms. The van der Waals surface area contributed by atoms with Crippen LogP contribution in [0.3, 0.4) is 0 Å². The Hall–Kier alpha value is -3.77. The van der Waals surface area contributed by atoms with Gasteiger partial charge in [-0.3, -0.25) is 19.3 Å². The van der Waals surface area contributed by atoms with E-state index in [0.717, 1.165) is 23.6 Å². The Bertz CT molecular complexity index is 1480. The Morgan fingerprint density at radius 2 is 2.19 bits per heavy atom. The first-order valence-corrected chi connectivity index (χ1v) is 15.2. The van der Waals surface area contributed by atoms with Crippen molar-refractivity contribution in [1.82, 2.24) is 20.5 Å². The molecule has 1 fully saturated rings. The molecule has 0 aliphatic carbocycles. The molecule has 0 saturated carbocycles. The predicted molar refractivity (Wildman–Crippen MR) is 159 cm³/mol. The summed E-state index contributed by atoms with van der Waals surface area (Å²) in [5.74, 6) is -2.32. The van der Waals surface area contributed by atoms with Crippen molar-refractivity contribution in [3.8, 4) is 0 Å². The number of aliphatic carboxylic acids is 1. The number of likely N-dealkylation sites (N-methyl/N-ethyl adjacent to an activating group) is 1. The average molecular weight is 654 g/mol. The minimum Gasteiger partial charge on any atom is -0.478 e. The van der Waals surface area contributed by atoms with E-state index in [1.807, 2.05) is 23.9 Å². The predicted octanol–water partition coefficient (Wildman–Crippen LogP) is -0.463. The molecule has 2 aliphatic rings. The number of β-lactam (4-membered cyclic amide) rings is 1. The number of carbonyl (C=O) groups is 4. The molecule has 4 heterocycles. The molecule has 2 unspecified atom stereocenters. The fourth-order valence-electron chi connectivity index (χ4n) is 4.29. The van der Waals surface area contributed by atoms with Gasteiger partial charge in [0.25, 0.3) is 11.8 Å². The number of fused-ring (bicyclic) bond motifs is 1. The number of thiazole rings is 1. The number of amides is 2. The van der Waals surface area contributed by atoms with Crippen LogP contribution in [0.5, 0.6) is 0 Å². The molecule has 1 saturated heterocycles. The van der Waals surface area contributed by atoms with E-state index in [1.165, 1.54) is 23.6 Å². The van der Waals surface area contributed by atoms with Gasteiger partial charge < -0.3 is 36.7 Å². The van der Waals surface area contributed by atoms with Gasteiger partial charge >= 0.3 is 5.97 Å². The van der Waals surface area contributed by atoms with Gasteiger partial charge in [0.2, 0.25) is 6.10 Å². The van der Waals surface area contributed by atoms with Crippen molar-refractivity contribution >= 4 is 75.3 Å². The van der Waals surface area contributed by atoms with Gasteiger partial charge in [-0.05, 0) is 14.0 Å². The molecule has 0 radical (unpaired) electrons. The van der Waals surface area contributed by atoms with Crippen molar-refractivity contribution in [1.29, 1.82) is 0 Å². The SMILES string of the molecule is CNCCNc1cc[n+](CC2=C(C=O)N3C(=O)C(NC(=O)/C(=N\O[C@@H](C)C(=O)O)c4nc(N)sc4Cl)C3SC2)cc1CO. The van der Waals surface area contributed by atoms with E-state index in [2.05, 4.69) is 26.1 Å². The summed E-state index contributed by atoms with van der Waals surface area (Å²) in [5.41, 5.74) is 7.49. The molecule has 7 N–H and O–H groups in total. The number of aliphatic hydroxyl groups is 1. The third-order valence-electron chi connectivity index (χ3n) is 6.52. The molecule has 3 atom stereocenters. The topological polar surface area (TPSA) is 212 Å². The van der Waals surface area contributed by atoms with Gasteiger partial charge in [0.05, 0.1) is 23.6 Å². The number of aldehydes is 1. The lowest BCUT2D eigenvalue weighted by molar-refractivity contribution is -0.689. The number of nitrogens with two attached hydrogens (primary N) is 1. The highest BCUT2D eigenvalue weighted by atomic mass is 35.5. The first-order chi connectivity index (χ1) is 20.6. The summed E-state index contributed by atoms with van der Waals surface area (Å²) < 4.78 is 1.84. The van der Waals surface area contributed by atoms with Crippen molar-refractivity contribution in [2.75, 3.05) is 36.9 Å². The molecular weight excluding hydrogens is 624 g/mol. The van der Waals surface area contributed by atoms with Crippen LogP contribution >= 0.6 is 34.7 Å². The van der Waals surface area contributed by atoms with Crippen LogP contribution in [0.15, 0.2) is 34.9 Å². The maximum atomic E-state index is 13.2. The van der Waals surface area contributed by atoms with Crippen LogP contribution in [0.2, 0.25) is 4.34 Å². The summed E-state index contributed by atoms with van der Waals surface area (Å²) in [7, 11) is 1.85. The second-order valence-electron chi connectivity index (χ2n) is 9.41. The van der Waals surface area contributed by atoms with E-state index < -0.39 is 41.0 Å². The molecule has 0 aromatic carbocycles. The number of anilines is 2. The van der Waals surface area contributed by atoms with Gasteiger partial charge in [-0.1, -0.05) is 28.1 Å². The Morgan fingerprint density at radius 3 is 2.81 bits per heavy atom. The highest BCUT2D eigenvalue weighted by Crippen LogP contribution is 2.39. The summed E-state index contributed by atoms with van der Waals surface area (Å²) in [6.07, 6.45) is 2.83. The van der Waals surface area contributed by atoms with Gasteiger partial charge in [0.15, 0.2) is 36.1 Å². The van der Waals surface area contributed by atoms with Crippen LogP contribution in [0, 0.1) is 0 Å². The standard InChI is InChI=1S/C25H29ClN8O7S2/c1-12(24(39)40)41-32-18(17-20(26)43-25(27)31-17)21(37)30-19-22(38)34-16(10-36)14(11-42-23(19)34)8-33-6-3-15(13(7-33)9-35)29-5-4-28-2/h3,6-7,10,12,19,23,28,35H,4-5,8-9,11H2,1-2H3,(H4,27,30,31,37,39,40)/p+1/b32-18-/t12-,19?,23?/m0/s1. The first-order valence-electron chi connectivity index (χ1n) is 12.9. The van der Waals surface area contributed by atoms with Gasteiger partial charge in [-0.2, -0.15) is 0 Å². The van der Waals surface area contributed by atoms with Crippen molar-refractivity contribution in [2.24, 2.45) is 5.16 Å². The number of nitrogens with one attached hydrogen (secondary N) is 3. The number of pyridine rings is 1. The zero-order chi connectivity index (χ0) is 31.3. The van der Waals surface area contributed by atoms with Gasteiger partial charge in [-0.25, -0.2) is 14.3 Å². The van der Waals surface area contributed by atoms with Crippen molar-refractivity contribution < 1.29 is 38.8 Å². The third kappa shape index (κ3) is 7.07. The number of halogens is 1. The number of nitrogen functional groups attached to an aromatic ring is 1. The van der Waals surface area contributed by atoms with Crippen molar-refractivity contribution in [3.05, 3.63) is 45.3 Å². The molecule has 2 aromatic heterocycles. The van der Waals surface area contributed by atoms with Crippen molar-refractivity contribution in [2.45, 2.75) is 37.6 Å². The molecule has 4 rings (SSSR count). The highest BCUT2D eigenvalue weighted by molar-refractivity contribution is 8.00. The molecule has 230 valence electrons. The Morgan fingerprint density at radius 1 is 1.42 bits per heavy atom. The van der Waals surface area contributed by atoms with E-state index in [1.54, 1.807) is 6.20 Å². The molecule has 43 heavy (non-hydrogen) atoms. The lowest BCUT2D eigenvalue weighted by atomic mass is 10.0. The van der Waals surface area contributed by atoms with Crippen LogP contribution in [-0.2, 0) is 37.2 Å². The lowest BCUT2D eigenvalue weighted by Crippen LogP contribution is -2.70. The molecule has 0 bridgehead atoms. The van der Waals surface area contributed by atoms with E-state index in [9.17, 15) is 24.3 Å². The largest absolute Gasteiger partial charge is 0.478 e. The maximum absolute atomic E-state index is 13.2. The molecule has 2 aromatic rings. The maximum Gasteiger partial charge on any atom is 0.347 e. The number of carboxylic acids is 1. The normalized spacial score (nSPS) is 18.9. The van der Waals surface area contributed by atoms with E-state index >= 15 is 0 Å². The van der Waals surface area contributed by atoms with Gasteiger partial charge in [-0.15, -0.1) is 11.8 Å². The quantitative estimate of drug-likeness (QED) is 0.0382. The van der Waals surface area contributed by atoms with E-state index in [-0.39, 0.29) is 27.5 Å². The summed E-state index contributed by atoms with van der Waals surface area (Å²) in [6, 6.07) is 0.825. The molecular formula is C25H30ClN8O7S2+. The van der Waals surface area contributed by atoms with Gasteiger partial charge in [0.1, 0.15) is 21.4 Å². The average Bonchev–Trinajstić information content (AvgIpc) is 3.32. The number of oxime groups is 1. The molecule has 0 spiro atoms. The summed E-state index contributed by atoms with van der Waals surface area (Å²) in [4.78, 5) is 60.0. The fourth-order valence-corrected chi connectivity index (χ4v) is 6.57. The zero-order valence-corrected chi connectivity index (χ0v) is 25.5. The molecule has 2 aliphatic heterocycles. The summed E-state index contributed by atoms with van der Waals surface area (Å²) >= 11 is 8.40. The highest BCUT2D eigenvalue weighted by Gasteiger charge is 2.53. The zero-order valence-electron chi connectivity index (χ0n) is 23.1. The number of carbonyl (C=O) groups excluding carboxylic acids is 3. The Labute approximate surface area is 259 Å². The number of hydrogen-bond acceptors (Lipinski definition) is 13.